The third kappa shape index (κ3) is 1.68. The van der Waals surface area contributed by atoms with Crippen molar-refractivity contribution in [2.24, 2.45) is 34.0 Å². The lowest BCUT2D eigenvalue weighted by Gasteiger charge is -2.53. The van der Waals surface area contributed by atoms with Gasteiger partial charge in [-0.3, -0.25) is 5.43 Å². The van der Waals surface area contributed by atoms with Crippen LogP contribution in [0.1, 0.15) is 32.1 Å². The van der Waals surface area contributed by atoms with Crippen molar-refractivity contribution in [1.29, 1.82) is 5.26 Å². The second-order valence-corrected chi connectivity index (χ2v) is 5.64. The van der Waals surface area contributed by atoms with Crippen LogP contribution >= 0.6 is 0 Å². The minimum absolute atomic E-state index is 0.167. The summed E-state index contributed by atoms with van der Waals surface area (Å²) >= 11 is 0. The molecule has 0 aliphatic heterocycles. The van der Waals surface area contributed by atoms with Gasteiger partial charge in [0.2, 0.25) is 0 Å². The smallest absolute Gasteiger partial charge is 0.149 e. The van der Waals surface area contributed by atoms with E-state index in [2.05, 4.69) is 15.8 Å². The molecular formula is C12H18N4. The molecule has 0 amide bonds. The van der Waals surface area contributed by atoms with Crippen molar-refractivity contribution in [3.05, 3.63) is 0 Å². The average Bonchev–Trinajstić information content (AvgIpc) is 2.26. The third-order valence-electron chi connectivity index (χ3n) is 4.65. The molecule has 0 radical (unpaired) electrons. The molecular weight excluding hydrogens is 200 g/mol. The van der Waals surface area contributed by atoms with E-state index in [-0.39, 0.29) is 6.54 Å². The quantitative estimate of drug-likeness (QED) is 0.449. The molecule has 4 heteroatoms. The minimum atomic E-state index is 0.167. The monoisotopic (exact) mass is 218 g/mol. The Labute approximate surface area is 96.1 Å². The molecule has 4 fully saturated rings. The third-order valence-corrected chi connectivity index (χ3v) is 4.65. The standard InChI is InChI=1S/C12H18N4/c13-1-2-14-16-15-12-10-4-8-3-9(6-10)7-11(12)5-8/h8-12H,2-7H2,(H,14,15). The minimum Gasteiger partial charge on any atom is -0.288 e. The molecule has 4 rings (SSSR count). The second kappa shape index (κ2) is 4.04. The summed E-state index contributed by atoms with van der Waals surface area (Å²) in [5.74, 6) is 3.63. The fourth-order valence-electron chi connectivity index (χ4n) is 4.31. The molecule has 0 aromatic carbocycles. The molecule has 0 unspecified atom stereocenters. The van der Waals surface area contributed by atoms with Crippen LogP contribution in [-0.4, -0.2) is 12.6 Å². The van der Waals surface area contributed by atoms with Gasteiger partial charge in [0.1, 0.15) is 6.54 Å². The van der Waals surface area contributed by atoms with Gasteiger partial charge in [0, 0.05) is 0 Å². The number of nitrogens with zero attached hydrogens (tertiary/aromatic N) is 3. The van der Waals surface area contributed by atoms with E-state index in [9.17, 15) is 0 Å². The van der Waals surface area contributed by atoms with Gasteiger partial charge in [-0.25, -0.2) is 0 Å². The topological polar surface area (TPSA) is 60.5 Å². The lowest BCUT2D eigenvalue weighted by molar-refractivity contribution is -0.0141. The fourth-order valence-corrected chi connectivity index (χ4v) is 4.31. The van der Waals surface area contributed by atoms with Crippen molar-refractivity contribution in [3.8, 4) is 6.07 Å². The van der Waals surface area contributed by atoms with Crippen LogP contribution in [0, 0.1) is 35.0 Å². The summed E-state index contributed by atoms with van der Waals surface area (Å²) < 4.78 is 0. The predicted octanol–water partition coefficient (Wildman–Crippen LogP) is 2.29. The van der Waals surface area contributed by atoms with Crippen LogP contribution in [0.3, 0.4) is 0 Å². The summed E-state index contributed by atoms with van der Waals surface area (Å²) in [5.41, 5.74) is 3.21. The average molecular weight is 218 g/mol. The molecule has 4 aliphatic carbocycles. The maximum atomic E-state index is 8.37. The summed E-state index contributed by atoms with van der Waals surface area (Å²) in [6.45, 7) is 0.167. The normalized spacial score (nSPS) is 44.8. The highest BCUT2D eigenvalue weighted by molar-refractivity contribution is 5.00. The molecule has 0 aromatic heterocycles. The van der Waals surface area contributed by atoms with Crippen LogP contribution in [0.15, 0.2) is 10.3 Å². The lowest BCUT2D eigenvalue weighted by atomic mass is 9.54. The Kier molecular flexibility index (Phi) is 2.55. The van der Waals surface area contributed by atoms with Gasteiger partial charge in [-0.2, -0.15) is 10.4 Å². The van der Waals surface area contributed by atoms with Gasteiger partial charge in [0.25, 0.3) is 0 Å². The van der Waals surface area contributed by atoms with Crippen LogP contribution in [0.5, 0.6) is 0 Å². The molecule has 4 nitrogen and oxygen atoms in total. The van der Waals surface area contributed by atoms with Crippen LogP contribution < -0.4 is 5.43 Å². The van der Waals surface area contributed by atoms with E-state index >= 15 is 0 Å². The molecule has 4 bridgehead atoms. The molecule has 0 saturated heterocycles. The molecule has 0 spiro atoms. The number of nitriles is 1. The largest absolute Gasteiger partial charge is 0.288 e. The first-order chi connectivity index (χ1) is 7.86. The lowest BCUT2D eigenvalue weighted by Crippen LogP contribution is -2.53. The van der Waals surface area contributed by atoms with Crippen LogP contribution in [0.4, 0.5) is 0 Å². The first-order valence-corrected chi connectivity index (χ1v) is 6.35. The van der Waals surface area contributed by atoms with E-state index in [1.807, 2.05) is 6.07 Å². The molecule has 0 heterocycles. The summed E-state index contributed by atoms with van der Waals surface area (Å²) in [4.78, 5) is 0. The number of rotatable bonds is 3. The first kappa shape index (κ1) is 10.1. The van der Waals surface area contributed by atoms with Gasteiger partial charge in [-0.05, 0) is 55.8 Å². The zero-order valence-corrected chi connectivity index (χ0v) is 9.47. The Morgan fingerprint density at radius 3 is 2.25 bits per heavy atom. The van der Waals surface area contributed by atoms with Crippen molar-refractivity contribution in [3.63, 3.8) is 0 Å². The fraction of sp³-hybridized carbons (Fsp3) is 0.917. The highest BCUT2D eigenvalue weighted by atomic mass is 15.4. The van der Waals surface area contributed by atoms with Gasteiger partial charge in [-0.15, -0.1) is 0 Å². The van der Waals surface area contributed by atoms with Crippen LogP contribution in [0.2, 0.25) is 0 Å². The van der Waals surface area contributed by atoms with Crippen molar-refractivity contribution in [1.82, 2.24) is 5.43 Å². The van der Waals surface area contributed by atoms with Crippen molar-refractivity contribution >= 4 is 0 Å². The van der Waals surface area contributed by atoms with E-state index in [0.717, 1.165) is 23.7 Å². The Hall–Kier alpha value is -1.11. The maximum absolute atomic E-state index is 8.37. The molecule has 0 aromatic rings. The molecule has 86 valence electrons. The molecule has 4 aliphatic rings. The van der Waals surface area contributed by atoms with Crippen molar-refractivity contribution < 1.29 is 0 Å². The number of hydrogen-bond acceptors (Lipinski definition) is 3. The highest BCUT2D eigenvalue weighted by Gasteiger charge is 2.48. The van der Waals surface area contributed by atoms with E-state index < -0.39 is 0 Å². The van der Waals surface area contributed by atoms with Crippen LogP contribution in [0.25, 0.3) is 0 Å². The maximum Gasteiger partial charge on any atom is 0.149 e. The van der Waals surface area contributed by atoms with E-state index in [1.165, 1.54) is 32.1 Å². The Balaban J connectivity index is 1.62. The van der Waals surface area contributed by atoms with Crippen LogP contribution in [-0.2, 0) is 0 Å². The van der Waals surface area contributed by atoms with E-state index in [0.29, 0.717) is 6.04 Å². The Morgan fingerprint density at radius 2 is 1.69 bits per heavy atom. The second-order valence-electron chi connectivity index (χ2n) is 5.64. The molecule has 0 atom stereocenters. The number of nitrogens with one attached hydrogen (secondary N) is 1. The van der Waals surface area contributed by atoms with Crippen molar-refractivity contribution in [2.45, 2.75) is 38.1 Å². The van der Waals surface area contributed by atoms with Gasteiger partial charge >= 0.3 is 0 Å². The molecule has 4 saturated carbocycles. The Bertz CT molecular complexity index is 302. The van der Waals surface area contributed by atoms with E-state index in [1.54, 1.807) is 0 Å². The predicted molar refractivity (Wildman–Crippen MR) is 59.3 cm³/mol. The summed E-state index contributed by atoms with van der Waals surface area (Å²) in [5, 5.41) is 16.1. The van der Waals surface area contributed by atoms with Gasteiger partial charge in [0.05, 0.1) is 12.1 Å². The zero-order valence-electron chi connectivity index (χ0n) is 9.47. The first-order valence-electron chi connectivity index (χ1n) is 6.35. The van der Waals surface area contributed by atoms with Gasteiger partial charge in [-0.1, -0.05) is 5.22 Å². The molecule has 16 heavy (non-hydrogen) atoms. The van der Waals surface area contributed by atoms with Gasteiger partial charge < -0.3 is 0 Å². The number of hydrogen-bond donors (Lipinski definition) is 1. The van der Waals surface area contributed by atoms with Crippen molar-refractivity contribution in [2.75, 3.05) is 6.54 Å². The zero-order chi connectivity index (χ0) is 11.0. The highest BCUT2D eigenvalue weighted by Crippen LogP contribution is 2.53. The SMILES string of the molecule is N#CCN=NNC1C2CC3CC(C2)CC1C3. The Morgan fingerprint density at radius 1 is 1.06 bits per heavy atom. The van der Waals surface area contributed by atoms with Gasteiger partial charge in [0.15, 0.2) is 0 Å². The summed E-state index contributed by atoms with van der Waals surface area (Å²) in [7, 11) is 0. The summed E-state index contributed by atoms with van der Waals surface area (Å²) in [6, 6.07) is 2.51. The summed E-state index contributed by atoms with van der Waals surface area (Å²) in [6.07, 6.45) is 7.03. The van der Waals surface area contributed by atoms with E-state index in [4.69, 9.17) is 5.26 Å². The molecule has 1 N–H and O–H groups in total.